The third-order valence-corrected chi connectivity index (χ3v) is 5.02. The number of hydrogen-bond donors (Lipinski definition) is 1. The highest BCUT2D eigenvalue weighted by molar-refractivity contribution is 6.04. The van der Waals surface area contributed by atoms with Crippen molar-refractivity contribution in [2.45, 2.75) is 52.9 Å². The predicted octanol–water partition coefficient (Wildman–Crippen LogP) is 4.51. The van der Waals surface area contributed by atoms with Crippen molar-refractivity contribution in [3.8, 4) is 5.75 Å². The van der Waals surface area contributed by atoms with Crippen molar-refractivity contribution in [1.82, 2.24) is 9.97 Å². The molecule has 3 rings (SSSR count). The lowest BCUT2D eigenvalue weighted by atomic mass is 10.2. The third kappa shape index (κ3) is 5.00. The number of amides is 1. The fraction of sp³-hybridized carbons (Fsp3) is 0.500. The maximum atomic E-state index is 12.7. The van der Waals surface area contributed by atoms with E-state index < -0.39 is 0 Å². The van der Waals surface area contributed by atoms with E-state index in [0.717, 1.165) is 49.0 Å². The molecule has 0 spiro atoms. The molecule has 0 radical (unpaired) electrons. The number of hydrogen-bond acceptors (Lipinski definition) is 5. The van der Waals surface area contributed by atoms with Gasteiger partial charge in [0.15, 0.2) is 0 Å². The minimum Gasteiger partial charge on any atom is -0.494 e. The van der Waals surface area contributed by atoms with Gasteiger partial charge in [-0.3, -0.25) is 4.79 Å². The summed E-state index contributed by atoms with van der Waals surface area (Å²) >= 11 is 0. The number of rotatable bonds is 8. The van der Waals surface area contributed by atoms with Crippen LogP contribution in [-0.2, 0) is 0 Å². The van der Waals surface area contributed by atoms with Crippen LogP contribution in [0, 0.1) is 13.8 Å². The highest BCUT2D eigenvalue weighted by atomic mass is 16.5. The smallest absolute Gasteiger partial charge is 0.255 e. The summed E-state index contributed by atoms with van der Waals surface area (Å²) in [5, 5.41) is 2.97. The van der Waals surface area contributed by atoms with Crippen molar-refractivity contribution >= 4 is 17.5 Å². The molecule has 1 aliphatic rings. The molecule has 1 aromatic heterocycles. The summed E-state index contributed by atoms with van der Waals surface area (Å²) in [4.78, 5) is 24.1. The van der Waals surface area contributed by atoms with E-state index >= 15 is 0 Å². The summed E-state index contributed by atoms with van der Waals surface area (Å²) in [7, 11) is 0. The van der Waals surface area contributed by atoms with Gasteiger partial charge in [-0.05, 0) is 57.4 Å². The van der Waals surface area contributed by atoms with Gasteiger partial charge >= 0.3 is 0 Å². The second-order valence-corrected chi connectivity index (χ2v) is 7.30. The van der Waals surface area contributed by atoms with Crippen LogP contribution in [0.4, 0.5) is 11.6 Å². The molecule has 0 atom stereocenters. The molecule has 0 unspecified atom stereocenters. The molecule has 1 N–H and O–H groups in total. The fourth-order valence-electron chi connectivity index (χ4n) is 3.37. The summed E-state index contributed by atoms with van der Waals surface area (Å²) in [5.74, 6) is 1.38. The molecule has 6 nitrogen and oxygen atoms in total. The van der Waals surface area contributed by atoms with Crippen LogP contribution in [0.5, 0.6) is 5.75 Å². The Morgan fingerprint density at radius 3 is 2.32 bits per heavy atom. The minimum atomic E-state index is -0.166. The molecule has 150 valence electrons. The van der Waals surface area contributed by atoms with Crippen LogP contribution in [0.15, 0.2) is 24.3 Å². The van der Waals surface area contributed by atoms with E-state index in [1.807, 2.05) is 26.0 Å². The molecule has 1 fully saturated rings. The van der Waals surface area contributed by atoms with Crippen LogP contribution in [-0.4, -0.2) is 35.6 Å². The first-order valence-corrected chi connectivity index (χ1v) is 10.2. The van der Waals surface area contributed by atoms with Gasteiger partial charge in [-0.15, -0.1) is 0 Å². The summed E-state index contributed by atoms with van der Waals surface area (Å²) in [6, 6.07) is 7.25. The topological polar surface area (TPSA) is 67.3 Å². The van der Waals surface area contributed by atoms with Gasteiger partial charge in [-0.1, -0.05) is 19.8 Å². The van der Waals surface area contributed by atoms with E-state index in [1.165, 1.54) is 19.3 Å². The first kappa shape index (κ1) is 20.1. The SMILES string of the molecule is CCCCCOc1ccc(C(=O)Nc2c(C)nc(N3CCCC3)nc2C)cc1. The van der Waals surface area contributed by atoms with Crippen LogP contribution in [0.2, 0.25) is 0 Å². The van der Waals surface area contributed by atoms with Gasteiger partial charge in [0, 0.05) is 18.7 Å². The average molecular weight is 383 g/mol. The Bertz CT molecular complexity index is 776. The van der Waals surface area contributed by atoms with E-state index in [0.29, 0.717) is 17.9 Å². The molecule has 1 aliphatic heterocycles. The van der Waals surface area contributed by atoms with Gasteiger partial charge in [0.2, 0.25) is 5.95 Å². The monoisotopic (exact) mass is 382 g/mol. The van der Waals surface area contributed by atoms with E-state index in [2.05, 4.69) is 27.1 Å². The molecular formula is C22H30N4O2. The summed E-state index contributed by atoms with van der Waals surface area (Å²) < 4.78 is 5.70. The molecule has 2 aromatic rings. The maximum Gasteiger partial charge on any atom is 0.255 e. The predicted molar refractivity (Wildman–Crippen MR) is 112 cm³/mol. The Morgan fingerprint density at radius 2 is 1.71 bits per heavy atom. The van der Waals surface area contributed by atoms with Gasteiger partial charge in [0.1, 0.15) is 5.75 Å². The second-order valence-electron chi connectivity index (χ2n) is 7.30. The van der Waals surface area contributed by atoms with Crippen LogP contribution >= 0.6 is 0 Å². The Labute approximate surface area is 167 Å². The summed E-state index contributed by atoms with van der Waals surface area (Å²) in [6.07, 6.45) is 5.74. The Morgan fingerprint density at radius 1 is 1.07 bits per heavy atom. The quantitative estimate of drug-likeness (QED) is 0.680. The van der Waals surface area contributed by atoms with Gasteiger partial charge in [-0.2, -0.15) is 0 Å². The number of aryl methyl sites for hydroxylation is 2. The summed E-state index contributed by atoms with van der Waals surface area (Å²) in [5.41, 5.74) is 2.86. The molecule has 0 bridgehead atoms. The van der Waals surface area contributed by atoms with Gasteiger partial charge in [0.05, 0.1) is 23.7 Å². The zero-order valence-electron chi connectivity index (χ0n) is 17.1. The van der Waals surface area contributed by atoms with Crippen molar-refractivity contribution in [2.75, 3.05) is 29.9 Å². The number of carbonyl (C=O) groups is 1. The Balaban J connectivity index is 1.64. The van der Waals surface area contributed by atoms with Crippen molar-refractivity contribution in [2.24, 2.45) is 0 Å². The summed E-state index contributed by atoms with van der Waals surface area (Å²) in [6.45, 7) is 8.70. The molecular weight excluding hydrogens is 352 g/mol. The van der Waals surface area contributed by atoms with Crippen molar-refractivity contribution in [3.63, 3.8) is 0 Å². The first-order valence-electron chi connectivity index (χ1n) is 10.2. The molecule has 2 heterocycles. The molecule has 28 heavy (non-hydrogen) atoms. The van der Waals surface area contributed by atoms with Crippen LogP contribution < -0.4 is 15.0 Å². The number of benzene rings is 1. The number of unbranched alkanes of at least 4 members (excludes halogenated alkanes) is 2. The van der Waals surface area contributed by atoms with E-state index in [-0.39, 0.29) is 5.91 Å². The highest BCUT2D eigenvalue weighted by Gasteiger charge is 2.18. The Hall–Kier alpha value is -2.63. The lowest BCUT2D eigenvalue weighted by molar-refractivity contribution is 0.102. The van der Waals surface area contributed by atoms with E-state index in [1.54, 1.807) is 12.1 Å². The molecule has 0 saturated carbocycles. The molecule has 1 aromatic carbocycles. The second kappa shape index (κ2) is 9.53. The third-order valence-electron chi connectivity index (χ3n) is 5.02. The van der Waals surface area contributed by atoms with Gasteiger partial charge in [-0.25, -0.2) is 9.97 Å². The van der Waals surface area contributed by atoms with Crippen molar-refractivity contribution in [3.05, 3.63) is 41.2 Å². The number of nitrogens with one attached hydrogen (secondary N) is 1. The maximum absolute atomic E-state index is 12.7. The molecule has 1 amide bonds. The zero-order valence-corrected chi connectivity index (χ0v) is 17.1. The largest absolute Gasteiger partial charge is 0.494 e. The number of ether oxygens (including phenoxy) is 1. The highest BCUT2D eigenvalue weighted by Crippen LogP contribution is 2.23. The molecule has 0 aliphatic carbocycles. The number of carbonyl (C=O) groups excluding carboxylic acids is 1. The Kier molecular flexibility index (Phi) is 6.85. The number of nitrogens with zero attached hydrogens (tertiary/aromatic N) is 3. The van der Waals surface area contributed by atoms with Crippen LogP contribution in [0.25, 0.3) is 0 Å². The van der Waals surface area contributed by atoms with Gasteiger partial charge < -0.3 is 15.0 Å². The lowest BCUT2D eigenvalue weighted by Crippen LogP contribution is -2.22. The van der Waals surface area contributed by atoms with Gasteiger partial charge in [0.25, 0.3) is 5.91 Å². The van der Waals surface area contributed by atoms with E-state index in [9.17, 15) is 4.79 Å². The van der Waals surface area contributed by atoms with E-state index in [4.69, 9.17) is 4.74 Å². The normalized spacial score (nSPS) is 13.6. The average Bonchev–Trinajstić information content (AvgIpc) is 3.23. The minimum absolute atomic E-state index is 0.166. The number of aromatic nitrogens is 2. The van der Waals surface area contributed by atoms with Crippen LogP contribution in [0.1, 0.15) is 60.8 Å². The first-order chi connectivity index (χ1) is 13.6. The number of anilines is 2. The molecule has 6 heteroatoms. The van der Waals surface area contributed by atoms with Crippen LogP contribution in [0.3, 0.4) is 0 Å². The standard InChI is InChI=1S/C22H30N4O2/c1-4-5-8-15-28-19-11-9-18(10-12-19)21(27)25-20-16(2)23-22(24-17(20)3)26-13-6-7-14-26/h9-12H,4-8,13-15H2,1-3H3,(H,25,27). The van der Waals surface area contributed by atoms with Crippen molar-refractivity contribution < 1.29 is 9.53 Å². The van der Waals surface area contributed by atoms with Crippen molar-refractivity contribution in [1.29, 1.82) is 0 Å². The molecule has 1 saturated heterocycles. The fourth-order valence-corrected chi connectivity index (χ4v) is 3.37. The lowest BCUT2D eigenvalue weighted by Gasteiger charge is -2.18. The zero-order chi connectivity index (χ0) is 19.9.